The zero-order valence-electron chi connectivity index (χ0n) is 13.7. The highest BCUT2D eigenvalue weighted by Gasteiger charge is 2.56. The van der Waals surface area contributed by atoms with Gasteiger partial charge in [0.1, 0.15) is 22.7 Å². The molecule has 1 saturated carbocycles. The van der Waals surface area contributed by atoms with Gasteiger partial charge in [-0.05, 0) is 61.2 Å². The monoisotopic (exact) mass is 343 g/mol. The first-order valence-electron chi connectivity index (χ1n) is 7.95. The molecular formula is C19H18FNO4. The summed E-state index contributed by atoms with van der Waals surface area (Å²) < 4.78 is 18.6. The van der Waals surface area contributed by atoms with E-state index in [0.29, 0.717) is 24.3 Å². The molecule has 2 N–H and O–H groups in total. The minimum atomic E-state index is -1.24. The van der Waals surface area contributed by atoms with Crippen molar-refractivity contribution >= 4 is 11.9 Å². The number of aliphatic carboxylic acids is 1. The number of carboxylic acid groups (broad SMARTS) is 1. The molecule has 1 aliphatic rings. The Kier molecular flexibility index (Phi) is 4.44. The van der Waals surface area contributed by atoms with Crippen LogP contribution >= 0.6 is 0 Å². The van der Waals surface area contributed by atoms with Crippen LogP contribution in [0.1, 0.15) is 24.0 Å². The van der Waals surface area contributed by atoms with Crippen LogP contribution in [-0.4, -0.2) is 17.0 Å². The SMILES string of the molecule is Cc1cc(CNC(=O)C2(C(=O)O)CC2)ccc1Oc1ccc(F)cc1. The quantitative estimate of drug-likeness (QED) is 0.788. The molecule has 0 radical (unpaired) electrons. The lowest BCUT2D eigenvalue weighted by Gasteiger charge is -2.13. The molecule has 2 aromatic rings. The van der Waals surface area contributed by atoms with E-state index < -0.39 is 17.3 Å². The summed E-state index contributed by atoms with van der Waals surface area (Å²) in [5.41, 5.74) is 0.467. The summed E-state index contributed by atoms with van der Waals surface area (Å²) in [4.78, 5) is 23.1. The van der Waals surface area contributed by atoms with Crippen LogP contribution in [0.25, 0.3) is 0 Å². The Labute approximate surface area is 144 Å². The molecule has 0 heterocycles. The summed E-state index contributed by atoms with van der Waals surface area (Å²) >= 11 is 0. The van der Waals surface area contributed by atoms with E-state index in [2.05, 4.69) is 5.32 Å². The normalized spacial score (nSPS) is 14.6. The second-order valence-corrected chi connectivity index (χ2v) is 6.23. The number of nitrogens with one attached hydrogen (secondary N) is 1. The summed E-state index contributed by atoms with van der Waals surface area (Å²) in [6, 6.07) is 11.2. The molecule has 2 aromatic carbocycles. The fourth-order valence-electron chi connectivity index (χ4n) is 2.58. The van der Waals surface area contributed by atoms with Gasteiger partial charge in [0.15, 0.2) is 0 Å². The van der Waals surface area contributed by atoms with Crippen molar-refractivity contribution in [1.29, 1.82) is 0 Å². The van der Waals surface area contributed by atoms with Crippen molar-refractivity contribution in [3.05, 3.63) is 59.4 Å². The van der Waals surface area contributed by atoms with Crippen LogP contribution < -0.4 is 10.1 Å². The molecule has 6 heteroatoms. The standard InChI is InChI=1S/C19H18FNO4/c1-12-10-13(11-21-17(22)19(8-9-19)18(23)24)2-7-16(12)25-15-5-3-14(20)4-6-15/h2-7,10H,8-9,11H2,1H3,(H,21,22)(H,23,24). The maximum Gasteiger partial charge on any atom is 0.319 e. The number of carboxylic acids is 1. The average molecular weight is 343 g/mol. The molecule has 1 fully saturated rings. The van der Waals surface area contributed by atoms with Gasteiger partial charge < -0.3 is 15.2 Å². The van der Waals surface area contributed by atoms with E-state index in [-0.39, 0.29) is 12.4 Å². The van der Waals surface area contributed by atoms with E-state index in [1.165, 1.54) is 12.1 Å². The van der Waals surface area contributed by atoms with Crippen LogP contribution in [0.2, 0.25) is 0 Å². The Hall–Kier alpha value is -2.89. The molecule has 0 aromatic heterocycles. The van der Waals surface area contributed by atoms with Gasteiger partial charge in [-0.1, -0.05) is 12.1 Å². The largest absolute Gasteiger partial charge is 0.480 e. The summed E-state index contributed by atoms with van der Waals surface area (Å²) in [5, 5.41) is 11.8. The van der Waals surface area contributed by atoms with Crippen molar-refractivity contribution in [1.82, 2.24) is 5.32 Å². The third-order valence-electron chi connectivity index (χ3n) is 4.33. The van der Waals surface area contributed by atoms with Crippen LogP contribution in [0.3, 0.4) is 0 Å². The second-order valence-electron chi connectivity index (χ2n) is 6.23. The van der Waals surface area contributed by atoms with Gasteiger partial charge in [0, 0.05) is 6.54 Å². The topological polar surface area (TPSA) is 75.6 Å². The van der Waals surface area contributed by atoms with Crippen molar-refractivity contribution < 1.29 is 23.8 Å². The number of rotatable bonds is 6. The fraction of sp³-hybridized carbons (Fsp3) is 0.263. The maximum atomic E-state index is 12.9. The van der Waals surface area contributed by atoms with Gasteiger partial charge in [-0.2, -0.15) is 0 Å². The van der Waals surface area contributed by atoms with Crippen LogP contribution in [-0.2, 0) is 16.1 Å². The fourth-order valence-corrected chi connectivity index (χ4v) is 2.58. The number of aryl methyl sites for hydroxylation is 1. The number of carbonyl (C=O) groups excluding carboxylic acids is 1. The molecule has 130 valence electrons. The first kappa shape index (κ1) is 17.0. The van der Waals surface area contributed by atoms with Gasteiger partial charge in [-0.25, -0.2) is 4.39 Å². The molecular weight excluding hydrogens is 325 g/mol. The van der Waals surface area contributed by atoms with Crippen molar-refractivity contribution in [2.45, 2.75) is 26.3 Å². The molecule has 0 unspecified atom stereocenters. The summed E-state index contributed by atoms with van der Waals surface area (Å²) in [6.45, 7) is 2.12. The third-order valence-corrected chi connectivity index (χ3v) is 4.33. The number of hydrogen-bond acceptors (Lipinski definition) is 3. The van der Waals surface area contributed by atoms with Crippen molar-refractivity contribution in [3.8, 4) is 11.5 Å². The minimum absolute atomic E-state index is 0.255. The maximum absolute atomic E-state index is 12.9. The van der Waals surface area contributed by atoms with Gasteiger partial charge in [-0.15, -0.1) is 0 Å². The molecule has 1 aliphatic carbocycles. The number of halogens is 1. The lowest BCUT2D eigenvalue weighted by Crippen LogP contribution is -2.36. The van der Waals surface area contributed by atoms with Crippen LogP contribution in [0.15, 0.2) is 42.5 Å². The molecule has 1 amide bonds. The molecule has 25 heavy (non-hydrogen) atoms. The number of ether oxygens (including phenoxy) is 1. The van der Waals surface area contributed by atoms with E-state index in [9.17, 15) is 14.0 Å². The zero-order chi connectivity index (χ0) is 18.0. The summed E-state index contributed by atoms with van der Waals surface area (Å²) in [7, 11) is 0. The van der Waals surface area contributed by atoms with E-state index in [4.69, 9.17) is 9.84 Å². The van der Waals surface area contributed by atoms with E-state index in [1.54, 1.807) is 24.3 Å². The van der Waals surface area contributed by atoms with E-state index in [0.717, 1.165) is 11.1 Å². The predicted octanol–water partition coefficient (Wildman–Crippen LogP) is 3.41. The van der Waals surface area contributed by atoms with Crippen molar-refractivity contribution in [2.75, 3.05) is 0 Å². The van der Waals surface area contributed by atoms with Crippen molar-refractivity contribution in [3.63, 3.8) is 0 Å². The number of amides is 1. The van der Waals surface area contributed by atoms with Crippen LogP contribution in [0.5, 0.6) is 11.5 Å². The van der Waals surface area contributed by atoms with Gasteiger partial charge in [-0.3, -0.25) is 9.59 Å². The third kappa shape index (κ3) is 3.63. The van der Waals surface area contributed by atoms with Crippen LogP contribution in [0.4, 0.5) is 4.39 Å². The molecule has 0 atom stereocenters. The Morgan fingerprint density at radius 1 is 1.20 bits per heavy atom. The Morgan fingerprint density at radius 2 is 1.88 bits per heavy atom. The molecule has 3 rings (SSSR count). The second kappa shape index (κ2) is 6.55. The van der Waals surface area contributed by atoms with E-state index >= 15 is 0 Å². The Balaban J connectivity index is 1.63. The molecule has 0 aliphatic heterocycles. The van der Waals surface area contributed by atoms with Gasteiger partial charge in [0.2, 0.25) is 5.91 Å². The van der Waals surface area contributed by atoms with Gasteiger partial charge in [0.05, 0.1) is 0 Å². The molecule has 5 nitrogen and oxygen atoms in total. The average Bonchev–Trinajstić information content (AvgIpc) is 3.39. The van der Waals surface area contributed by atoms with E-state index in [1.807, 2.05) is 13.0 Å². The minimum Gasteiger partial charge on any atom is -0.480 e. The highest BCUT2D eigenvalue weighted by Crippen LogP contribution is 2.46. The first-order chi connectivity index (χ1) is 11.9. The lowest BCUT2D eigenvalue weighted by molar-refractivity contribution is -0.149. The Morgan fingerprint density at radius 3 is 2.44 bits per heavy atom. The Bertz CT molecular complexity index is 813. The summed E-state index contributed by atoms with van der Waals surface area (Å²) in [5.74, 6) is -0.674. The number of benzene rings is 2. The molecule has 0 bridgehead atoms. The van der Waals surface area contributed by atoms with Crippen LogP contribution in [0, 0.1) is 18.2 Å². The van der Waals surface area contributed by atoms with Gasteiger partial charge in [0.25, 0.3) is 0 Å². The zero-order valence-corrected chi connectivity index (χ0v) is 13.7. The van der Waals surface area contributed by atoms with Gasteiger partial charge >= 0.3 is 5.97 Å². The predicted molar refractivity (Wildman–Crippen MR) is 88.8 cm³/mol. The highest BCUT2D eigenvalue weighted by molar-refractivity contribution is 6.04. The molecule has 0 saturated heterocycles. The number of hydrogen-bond donors (Lipinski definition) is 2. The summed E-state index contributed by atoms with van der Waals surface area (Å²) in [6.07, 6.45) is 0.773. The highest BCUT2D eigenvalue weighted by atomic mass is 19.1. The first-order valence-corrected chi connectivity index (χ1v) is 7.95. The smallest absolute Gasteiger partial charge is 0.319 e. The number of carbonyl (C=O) groups is 2. The lowest BCUT2D eigenvalue weighted by atomic mass is 10.1. The van der Waals surface area contributed by atoms with Crippen molar-refractivity contribution in [2.24, 2.45) is 5.41 Å². The molecule has 0 spiro atoms.